The molecule has 3 aromatic rings. The Balaban J connectivity index is 1.11. The molecule has 18 nitrogen and oxygen atoms in total. The molecule has 3 unspecified atom stereocenters. The molecular formula is C56H75N7O11. The maximum absolute atomic E-state index is 14.9. The van der Waals surface area contributed by atoms with Gasteiger partial charge < -0.3 is 54.3 Å². The lowest BCUT2D eigenvalue weighted by Gasteiger charge is -2.37. The lowest BCUT2D eigenvalue weighted by Crippen LogP contribution is -2.45. The van der Waals surface area contributed by atoms with Crippen LogP contribution in [0.1, 0.15) is 116 Å². The Kier molecular flexibility index (Phi) is 15.8. The number of esters is 1. The number of phenols is 2. The van der Waals surface area contributed by atoms with Gasteiger partial charge in [0.2, 0.25) is 5.91 Å². The van der Waals surface area contributed by atoms with Crippen LogP contribution in [0.15, 0.2) is 58.5 Å². The summed E-state index contributed by atoms with van der Waals surface area (Å²) in [6.45, 7) is 19.3. The van der Waals surface area contributed by atoms with Crippen molar-refractivity contribution in [1.82, 2.24) is 19.4 Å². The number of aromatic hydroxyl groups is 2. The first-order valence-electron chi connectivity index (χ1n) is 26.3. The quantitative estimate of drug-likeness (QED) is 0.109. The SMILES string of the molecule is C/C1=C/C=C/[C@H](C)[C@H](O)[C@@H](C)C(O)[C@@H](C)C(OC(=O)CC(=O)N2CCC(Cc3nccn3C)CC2)[C@H](C)C/C=C/OC2(C)Oc3c(C)c(O)c4c(O)c(c5c(c4c3C2=O)=NC2(CCN(CC(C)C)CC2)N=5)NC1=O. The summed E-state index contributed by atoms with van der Waals surface area (Å²) >= 11 is 0. The smallest absolute Gasteiger partial charge is 0.315 e. The van der Waals surface area contributed by atoms with E-state index in [1.165, 1.54) is 13.2 Å². The molecule has 2 fully saturated rings. The van der Waals surface area contributed by atoms with E-state index in [4.69, 9.17) is 24.2 Å². The highest BCUT2D eigenvalue weighted by Gasteiger charge is 2.50. The molecule has 5 bridgehead atoms. The number of nitrogens with zero attached hydrogens (tertiary/aromatic N) is 6. The van der Waals surface area contributed by atoms with E-state index in [9.17, 15) is 39.6 Å². The Morgan fingerprint density at radius 2 is 1.64 bits per heavy atom. The van der Waals surface area contributed by atoms with Gasteiger partial charge in [-0.3, -0.25) is 29.2 Å². The predicted molar refractivity (Wildman–Crippen MR) is 277 cm³/mol. The molecule has 2 saturated heterocycles. The van der Waals surface area contributed by atoms with E-state index in [-0.39, 0.29) is 67.7 Å². The Bertz CT molecular complexity index is 2890. The molecule has 9 rings (SSSR count). The number of hydrogen-bond donors (Lipinski definition) is 5. The van der Waals surface area contributed by atoms with Crippen LogP contribution in [0, 0.1) is 42.4 Å². The van der Waals surface area contributed by atoms with Crippen molar-refractivity contribution in [2.24, 2.45) is 52.5 Å². The minimum Gasteiger partial charge on any atom is -0.507 e. The van der Waals surface area contributed by atoms with Gasteiger partial charge in [-0.25, -0.2) is 4.98 Å². The highest BCUT2D eigenvalue weighted by atomic mass is 16.7. The lowest BCUT2D eigenvalue weighted by molar-refractivity contribution is -0.162. The highest BCUT2D eigenvalue weighted by molar-refractivity contribution is 6.19. The summed E-state index contributed by atoms with van der Waals surface area (Å²) < 4.78 is 20.6. The number of amides is 2. The van der Waals surface area contributed by atoms with Gasteiger partial charge in [-0.15, -0.1) is 0 Å². The fourth-order valence-corrected chi connectivity index (χ4v) is 11.4. The minimum atomic E-state index is -1.95. The Hall–Kier alpha value is -6.11. The van der Waals surface area contributed by atoms with Crippen LogP contribution in [0.4, 0.5) is 5.69 Å². The number of aromatic nitrogens is 2. The van der Waals surface area contributed by atoms with Crippen LogP contribution in [-0.4, -0.2) is 126 Å². The van der Waals surface area contributed by atoms with Crippen molar-refractivity contribution >= 4 is 40.0 Å². The van der Waals surface area contributed by atoms with E-state index >= 15 is 0 Å². The van der Waals surface area contributed by atoms with Crippen molar-refractivity contribution in [2.45, 2.75) is 137 Å². The number of aliphatic hydroxyl groups is 2. The lowest BCUT2D eigenvalue weighted by atomic mass is 9.79. The summed E-state index contributed by atoms with van der Waals surface area (Å²) in [5.74, 6) is -5.68. The number of carbonyl (C=O) groups excluding carboxylic acids is 4. The van der Waals surface area contributed by atoms with Crippen molar-refractivity contribution in [3.63, 3.8) is 0 Å². The first-order chi connectivity index (χ1) is 35.0. The number of fused-ring (bicyclic) bond motifs is 13. The molecule has 6 aliphatic heterocycles. The molecule has 5 N–H and O–H groups in total. The molecule has 2 aromatic carbocycles. The summed E-state index contributed by atoms with van der Waals surface area (Å²) in [6, 6.07) is 0. The van der Waals surface area contributed by atoms with Gasteiger partial charge in [0.1, 0.15) is 40.9 Å². The zero-order valence-corrected chi connectivity index (χ0v) is 44.6. The van der Waals surface area contributed by atoms with Crippen LogP contribution in [0.3, 0.4) is 0 Å². The molecule has 6 aliphatic rings. The van der Waals surface area contributed by atoms with E-state index < -0.39 is 83.3 Å². The van der Waals surface area contributed by atoms with E-state index in [0.717, 1.165) is 31.6 Å². The van der Waals surface area contributed by atoms with Crippen molar-refractivity contribution < 1.29 is 53.8 Å². The van der Waals surface area contributed by atoms with Crippen LogP contribution in [0.2, 0.25) is 0 Å². The molecule has 2 amide bonds. The van der Waals surface area contributed by atoms with E-state index in [1.54, 1.807) is 70.0 Å². The molecule has 0 radical (unpaired) electrons. The van der Waals surface area contributed by atoms with Crippen LogP contribution in [0.5, 0.6) is 17.2 Å². The van der Waals surface area contributed by atoms with Gasteiger partial charge in [-0.2, -0.15) is 0 Å². The first kappa shape index (κ1) is 54.2. The van der Waals surface area contributed by atoms with Gasteiger partial charge in [-0.05, 0) is 56.9 Å². The number of anilines is 1. The van der Waals surface area contributed by atoms with Crippen LogP contribution in [0.25, 0.3) is 10.8 Å². The number of Topliss-reactive ketones (excluding diaryl/α,β-unsaturated/α-hetero) is 1. The van der Waals surface area contributed by atoms with Gasteiger partial charge >= 0.3 is 11.8 Å². The summed E-state index contributed by atoms with van der Waals surface area (Å²) in [6.07, 6.45) is 11.6. The number of nitrogens with one attached hydrogen (secondary N) is 1. The molecule has 7 heterocycles. The third-order valence-corrected chi connectivity index (χ3v) is 16.1. The average Bonchev–Trinajstić information content (AvgIpc) is 4.03. The Morgan fingerprint density at radius 1 is 0.946 bits per heavy atom. The van der Waals surface area contributed by atoms with Crippen LogP contribution < -0.4 is 20.8 Å². The number of rotatable bonds is 7. The number of aliphatic hydroxyl groups excluding tert-OH is 2. The van der Waals surface area contributed by atoms with Gasteiger partial charge in [0, 0.05) is 113 Å². The van der Waals surface area contributed by atoms with Crippen molar-refractivity contribution in [3.05, 3.63) is 76.2 Å². The molecule has 1 spiro atoms. The molecule has 1 aromatic heterocycles. The largest absolute Gasteiger partial charge is 0.507 e. The fourth-order valence-electron chi connectivity index (χ4n) is 11.4. The fraction of sp³-hybridized carbons (Fsp3) is 0.589. The third-order valence-electron chi connectivity index (χ3n) is 16.1. The van der Waals surface area contributed by atoms with Crippen molar-refractivity contribution in [2.75, 3.05) is 38.0 Å². The number of aryl methyl sites for hydroxylation is 1. The second-order valence-electron chi connectivity index (χ2n) is 22.2. The number of piperidine rings is 2. The topological polar surface area (TPSA) is 238 Å². The summed E-state index contributed by atoms with van der Waals surface area (Å²) in [7, 11) is 1.96. The van der Waals surface area contributed by atoms with E-state index in [0.29, 0.717) is 50.9 Å². The summed E-state index contributed by atoms with van der Waals surface area (Å²) in [4.78, 5) is 75.0. The van der Waals surface area contributed by atoms with Gasteiger partial charge in [0.15, 0.2) is 11.4 Å². The molecule has 18 heteroatoms. The predicted octanol–water partition coefficient (Wildman–Crippen LogP) is 5.71. The van der Waals surface area contributed by atoms with Crippen molar-refractivity contribution in [3.8, 4) is 17.2 Å². The maximum Gasteiger partial charge on any atom is 0.315 e. The monoisotopic (exact) mass is 1020 g/mol. The van der Waals surface area contributed by atoms with E-state index in [1.807, 2.05) is 24.7 Å². The average molecular weight is 1020 g/mol. The molecule has 400 valence electrons. The second kappa shape index (κ2) is 21.6. The molecular weight excluding hydrogens is 947 g/mol. The molecule has 8 atom stereocenters. The highest BCUT2D eigenvalue weighted by Crippen LogP contribution is 2.50. The molecule has 74 heavy (non-hydrogen) atoms. The number of likely N-dealkylation sites (tertiary alicyclic amines) is 2. The zero-order chi connectivity index (χ0) is 53.6. The standard InChI is InChI=1S/C56H75N7O11/c1-30(2)29-62-23-18-56(19-24-62)59-44-41-42-49(68)36(8)52-43(41)53(70)55(9,74-52)72-26-12-15-32(4)51(73-40(65)28-39(64)63-21-16-37(17-22-63)27-38-57-20-25-61(38)10)35(7)48(67)34(6)47(66)31(3)13-11-14-33(5)54(71)58-46(50(42)69)45(44)60-56/h11-14,20,25-26,30-32,34-35,37,47-48,51,66-69H,15-19,21-24,27-29H2,1-10H3,(H,58,71)/b13-11+,26-12+,33-14-/t31-,32+,34+,35+,47-,48?,51?,55?/m0/s1. The minimum absolute atomic E-state index is 0.0384. The molecule has 0 aliphatic carbocycles. The van der Waals surface area contributed by atoms with Crippen molar-refractivity contribution in [1.29, 1.82) is 0 Å². The Morgan fingerprint density at radius 3 is 2.30 bits per heavy atom. The number of hydrogen-bond acceptors (Lipinski definition) is 15. The zero-order valence-electron chi connectivity index (χ0n) is 44.6. The van der Waals surface area contributed by atoms with Crippen LogP contribution in [-0.2, 0) is 37.3 Å². The van der Waals surface area contributed by atoms with Gasteiger partial charge in [0.05, 0.1) is 34.8 Å². The number of benzene rings is 2. The second-order valence-corrected chi connectivity index (χ2v) is 22.2. The van der Waals surface area contributed by atoms with E-state index in [2.05, 4.69) is 29.0 Å². The normalized spacial score (nSPS) is 29.5. The van der Waals surface area contributed by atoms with Gasteiger partial charge in [0.25, 0.3) is 11.7 Å². The van der Waals surface area contributed by atoms with Gasteiger partial charge in [-0.1, -0.05) is 59.8 Å². The maximum atomic E-state index is 14.9. The number of ketones is 1. The first-order valence-corrected chi connectivity index (χ1v) is 26.3. The number of phenolic OH excluding ortho intramolecular Hbond substituents is 2. The number of imidazole rings is 1. The third kappa shape index (κ3) is 10.7. The Labute approximate surface area is 432 Å². The van der Waals surface area contributed by atoms with Crippen LogP contribution >= 0.6 is 0 Å². The number of ether oxygens (including phenoxy) is 3. The summed E-state index contributed by atoms with van der Waals surface area (Å²) in [5, 5.41) is 50.9. The number of allylic oxidation sites excluding steroid dienone is 3. The summed E-state index contributed by atoms with van der Waals surface area (Å²) in [5.41, 5.74) is -0.600. The number of carbonyl (C=O) groups is 4. The molecule has 0 saturated carbocycles.